The minimum atomic E-state index is 0.742. The molecule has 0 aliphatic carbocycles. The van der Waals surface area contributed by atoms with Crippen molar-refractivity contribution >= 4 is 12.0 Å². The van der Waals surface area contributed by atoms with E-state index < -0.39 is 0 Å². The monoisotopic (exact) mass is 191 g/mol. The number of carbonyl (C=O) groups excluding carboxylic acids is 1. The van der Waals surface area contributed by atoms with Crippen molar-refractivity contribution in [1.29, 1.82) is 0 Å². The Kier molecular flexibility index (Phi) is 4.17. The molecule has 1 rings (SSSR count). The minimum Gasteiger partial charge on any atom is -0.384 e. The van der Waals surface area contributed by atoms with Crippen LogP contribution in [-0.2, 0) is 0 Å². The normalized spacial score (nSPS) is 9.86. The Labute approximate surface area is 85.3 Å². The van der Waals surface area contributed by atoms with Crippen LogP contribution in [0.3, 0.4) is 0 Å². The quantitative estimate of drug-likeness (QED) is 0.572. The molecule has 0 saturated carbocycles. The van der Waals surface area contributed by atoms with Gasteiger partial charge in [0.2, 0.25) is 0 Å². The zero-order valence-corrected chi connectivity index (χ0v) is 8.84. The Bertz CT molecular complexity index is 307. The minimum absolute atomic E-state index is 0.742. The highest BCUT2D eigenvalue weighted by molar-refractivity contribution is 5.84. The average Bonchev–Trinajstić information content (AvgIpc) is 2.19. The van der Waals surface area contributed by atoms with Gasteiger partial charge in [0.15, 0.2) is 6.29 Å². The summed E-state index contributed by atoms with van der Waals surface area (Å²) in [4.78, 5) is 10.7. The van der Waals surface area contributed by atoms with Crippen LogP contribution in [0.25, 0.3) is 0 Å². The lowest BCUT2D eigenvalue weighted by Gasteiger charge is -2.08. The molecule has 0 atom stereocenters. The van der Waals surface area contributed by atoms with Gasteiger partial charge in [0.25, 0.3) is 0 Å². The number of anilines is 1. The van der Waals surface area contributed by atoms with Crippen LogP contribution in [0.15, 0.2) is 18.2 Å². The lowest BCUT2D eigenvalue weighted by atomic mass is 10.1. The summed E-state index contributed by atoms with van der Waals surface area (Å²) in [7, 11) is 0. The second-order valence-electron chi connectivity index (χ2n) is 3.49. The third-order valence-corrected chi connectivity index (χ3v) is 2.18. The molecule has 0 aliphatic rings. The fraction of sp³-hybridized carbons (Fsp3) is 0.417. The number of nitrogens with one attached hydrogen (secondary N) is 1. The molecule has 0 unspecified atom stereocenters. The molecule has 0 fully saturated rings. The number of benzene rings is 1. The van der Waals surface area contributed by atoms with Crippen molar-refractivity contribution in [3.05, 3.63) is 29.3 Å². The molecule has 14 heavy (non-hydrogen) atoms. The van der Waals surface area contributed by atoms with Crippen LogP contribution in [0.1, 0.15) is 35.7 Å². The largest absolute Gasteiger partial charge is 0.384 e. The highest BCUT2D eigenvalue weighted by atomic mass is 16.1. The van der Waals surface area contributed by atoms with Gasteiger partial charge in [-0.3, -0.25) is 4.79 Å². The standard InChI is InChI=1S/C12H17NO/c1-3-4-7-13-12-8-10(2)5-6-11(12)9-14/h5-6,8-9,13H,3-4,7H2,1-2H3. The smallest absolute Gasteiger partial charge is 0.152 e. The zero-order valence-electron chi connectivity index (χ0n) is 8.84. The average molecular weight is 191 g/mol. The van der Waals surface area contributed by atoms with Crippen LogP contribution < -0.4 is 5.32 Å². The number of carbonyl (C=O) groups is 1. The summed E-state index contributed by atoms with van der Waals surface area (Å²) in [6.07, 6.45) is 3.19. The number of hydrogen-bond donors (Lipinski definition) is 1. The van der Waals surface area contributed by atoms with Gasteiger partial charge >= 0.3 is 0 Å². The molecule has 76 valence electrons. The number of aldehydes is 1. The molecule has 0 radical (unpaired) electrons. The molecule has 0 heterocycles. The van der Waals surface area contributed by atoms with Crippen molar-refractivity contribution in [2.75, 3.05) is 11.9 Å². The first-order valence-corrected chi connectivity index (χ1v) is 5.07. The van der Waals surface area contributed by atoms with E-state index >= 15 is 0 Å². The van der Waals surface area contributed by atoms with Crippen molar-refractivity contribution in [3.63, 3.8) is 0 Å². The van der Waals surface area contributed by atoms with Gasteiger partial charge in [-0.2, -0.15) is 0 Å². The maximum atomic E-state index is 10.7. The summed E-state index contributed by atoms with van der Waals surface area (Å²) < 4.78 is 0. The van der Waals surface area contributed by atoms with Crippen molar-refractivity contribution in [2.24, 2.45) is 0 Å². The summed E-state index contributed by atoms with van der Waals surface area (Å²) in [6.45, 7) is 5.11. The molecule has 0 bridgehead atoms. The van der Waals surface area contributed by atoms with E-state index in [4.69, 9.17) is 0 Å². The van der Waals surface area contributed by atoms with E-state index in [9.17, 15) is 4.79 Å². The molecule has 0 saturated heterocycles. The molecule has 1 aromatic rings. The van der Waals surface area contributed by atoms with Crippen LogP contribution in [-0.4, -0.2) is 12.8 Å². The lowest BCUT2D eigenvalue weighted by molar-refractivity contribution is 0.112. The summed E-state index contributed by atoms with van der Waals surface area (Å²) in [5.74, 6) is 0. The van der Waals surface area contributed by atoms with E-state index in [2.05, 4.69) is 12.2 Å². The van der Waals surface area contributed by atoms with E-state index in [-0.39, 0.29) is 0 Å². The number of hydrogen-bond acceptors (Lipinski definition) is 2. The van der Waals surface area contributed by atoms with Gasteiger partial charge in [0.1, 0.15) is 0 Å². The Balaban J connectivity index is 2.72. The maximum Gasteiger partial charge on any atom is 0.152 e. The first kappa shape index (κ1) is 10.8. The second-order valence-corrected chi connectivity index (χ2v) is 3.49. The third-order valence-electron chi connectivity index (χ3n) is 2.18. The molecular weight excluding hydrogens is 174 g/mol. The molecule has 1 aromatic carbocycles. The molecule has 0 aliphatic heterocycles. The van der Waals surface area contributed by atoms with Gasteiger partial charge in [-0.1, -0.05) is 19.4 Å². The fourth-order valence-corrected chi connectivity index (χ4v) is 1.33. The molecule has 2 heteroatoms. The zero-order chi connectivity index (χ0) is 10.4. The fourth-order valence-electron chi connectivity index (χ4n) is 1.33. The Hall–Kier alpha value is -1.31. The Morgan fingerprint density at radius 3 is 2.86 bits per heavy atom. The van der Waals surface area contributed by atoms with E-state index in [1.165, 1.54) is 5.56 Å². The van der Waals surface area contributed by atoms with Crippen LogP contribution in [0, 0.1) is 6.92 Å². The summed E-state index contributed by atoms with van der Waals surface area (Å²) in [5.41, 5.74) is 2.87. The Morgan fingerprint density at radius 2 is 2.21 bits per heavy atom. The number of rotatable bonds is 5. The van der Waals surface area contributed by atoms with E-state index in [1.807, 2.05) is 25.1 Å². The predicted octanol–water partition coefficient (Wildman–Crippen LogP) is 3.02. The summed E-state index contributed by atoms with van der Waals surface area (Å²) in [5, 5.41) is 3.27. The van der Waals surface area contributed by atoms with Crippen molar-refractivity contribution < 1.29 is 4.79 Å². The van der Waals surface area contributed by atoms with Crippen LogP contribution in [0.4, 0.5) is 5.69 Å². The van der Waals surface area contributed by atoms with Crippen molar-refractivity contribution in [3.8, 4) is 0 Å². The van der Waals surface area contributed by atoms with E-state index in [0.29, 0.717) is 0 Å². The van der Waals surface area contributed by atoms with E-state index in [0.717, 1.165) is 36.9 Å². The van der Waals surface area contributed by atoms with Gasteiger partial charge in [-0.05, 0) is 31.0 Å². The lowest BCUT2D eigenvalue weighted by Crippen LogP contribution is -2.03. The first-order chi connectivity index (χ1) is 6.77. The molecule has 2 nitrogen and oxygen atoms in total. The predicted molar refractivity (Wildman–Crippen MR) is 60.0 cm³/mol. The van der Waals surface area contributed by atoms with Gasteiger partial charge < -0.3 is 5.32 Å². The van der Waals surface area contributed by atoms with Gasteiger partial charge in [-0.25, -0.2) is 0 Å². The molecule has 0 amide bonds. The van der Waals surface area contributed by atoms with Crippen LogP contribution in [0.5, 0.6) is 0 Å². The van der Waals surface area contributed by atoms with Gasteiger partial charge in [0, 0.05) is 17.8 Å². The third kappa shape index (κ3) is 2.87. The number of aryl methyl sites for hydroxylation is 1. The number of unbranched alkanes of at least 4 members (excludes halogenated alkanes) is 1. The summed E-state index contributed by atoms with van der Waals surface area (Å²) in [6, 6.07) is 5.82. The van der Waals surface area contributed by atoms with Crippen molar-refractivity contribution in [1.82, 2.24) is 0 Å². The molecule has 0 spiro atoms. The SMILES string of the molecule is CCCCNc1cc(C)ccc1C=O. The van der Waals surface area contributed by atoms with Crippen LogP contribution >= 0.6 is 0 Å². The van der Waals surface area contributed by atoms with E-state index in [1.54, 1.807) is 0 Å². The summed E-state index contributed by atoms with van der Waals surface area (Å²) >= 11 is 0. The topological polar surface area (TPSA) is 29.1 Å². The van der Waals surface area contributed by atoms with Crippen LogP contribution in [0.2, 0.25) is 0 Å². The highest BCUT2D eigenvalue weighted by Gasteiger charge is 2.00. The molecule has 1 N–H and O–H groups in total. The van der Waals surface area contributed by atoms with Crippen molar-refractivity contribution in [2.45, 2.75) is 26.7 Å². The molecular formula is C12H17NO. The van der Waals surface area contributed by atoms with Gasteiger partial charge in [0.05, 0.1) is 0 Å². The highest BCUT2D eigenvalue weighted by Crippen LogP contribution is 2.15. The maximum absolute atomic E-state index is 10.7. The molecule has 0 aromatic heterocycles. The Morgan fingerprint density at radius 1 is 1.43 bits per heavy atom. The first-order valence-electron chi connectivity index (χ1n) is 5.07. The second kappa shape index (κ2) is 5.43. The van der Waals surface area contributed by atoms with Gasteiger partial charge in [-0.15, -0.1) is 0 Å².